The van der Waals surface area contributed by atoms with Crippen LogP contribution in [0.15, 0.2) is 24.3 Å². The Morgan fingerprint density at radius 1 is 1.24 bits per heavy atom. The highest BCUT2D eigenvalue weighted by Gasteiger charge is 2.06. The van der Waals surface area contributed by atoms with Gasteiger partial charge in [-0.2, -0.15) is 0 Å². The van der Waals surface area contributed by atoms with E-state index in [0.717, 1.165) is 19.1 Å². The molecule has 17 heavy (non-hydrogen) atoms. The monoisotopic (exact) mass is 242 g/mol. The molecule has 0 heterocycles. The van der Waals surface area contributed by atoms with Crippen molar-refractivity contribution in [3.05, 3.63) is 24.3 Å². The molecule has 0 N–H and O–H groups in total. The minimum atomic E-state index is -1.03. The van der Waals surface area contributed by atoms with Crippen molar-refractivity contribution in [3.63, 3.8) is 0 Å². The van der Waals surface area contributed by atoms with E-state index in [1.807, 2.05) is 6.92 Å². The van der Waals surface area contributed by atoms with Crippen LogP contribution in [0.25, 0.3) is 0 Å². The molecule has 0 amide bonds. The summed E-state index contributed by atoms with van der Waals surface area (Å²) in [5.41, 5.74) is 4.50. The molecular weight excluding hydrogens is 228 g/mol. The molecule has 0 aromatic carbocycles. The Balaban J connectivity index is 3.55. The molecule has 0 spiro atoms. The topological polar surface area (TPSA) is 71.1 Å². The van der Waals surface area contributed by atoms with E-state index < -0.39 is 19.1 Å². The van der Waals surface area contributed by atoms with Crippen LogP contribution in [-0.2, 0) is 18.9 Å². The zero-order valence-electron chi connectivity index (χ0n) is 9.56. The van der Waals surface area contributed by atoms with Crippen molar-refractivity contribution in [1.29, 1.82) is 0 Å². The van der Waals surface area contributed by atoms with Crippen LogP contribution in [0.5, 0.6) is 0 Å². The van der Waals surface area contributed by atoms with Gasteiger partial charge in [-0.15, -0.1) is 0 Å². The molecule has 6 nitrogen and oxygen atoms in total. The lowest BCUT2D eigenvalue weighted by atomic mass is 10.4. The van der Waals surface area contributed by atoms with Crippen LogP contribution < -0.4 is 0 Å². The Morgan fingerprint density at radius 2 is 1.94 bits per heavy atom. The molecular formula is C11H14O6. The van der Waals surface area contributed by atoms with Gasteiger partial charge in [0.1, 0.15) is 6.26 Å². The first kappa shape index (κ1) is 14.8. The SMILES string of the molecule is C=C=C=COC(=O)OCOC(=O)OCCCC. The average molecular weight is 242 g/mol. The van der Waals surface area contributed by atoms with Gasteiger partial charge in [0, 0.05) is 0 Å². The summed E-state index contributed by atoms with van der Waals surface area (Å²) >= 11 is 0. The maximum atomic E-state index is 10.8. The fourth-order valence-electron chi connectivity index (χ4n) is 0.620. The predicted octanol–water partition coefficient (Wildman–Crippen LogP) is 2.50. The fourth-order valence-corrected chi connectivity index (χ4v) is 0.620. The van der Waals surface area contributed by atoms with Gasteiger partial charge in [0.15, 0.2) is 0 Å². The van der Waals surface area contributed by atoms with Gasteiger partial charge in [-0.05, 0) is 18.7 Å². The standard InChI is InChI=1S/C11H14O6/c1-3-5-7-14-10(12)16-9-17-11(13)15-8-6-4-2/h7H,1,4,6,8-9H2,2H3. The minimum Gasteiger partial charge on any atom is -0.434 e. The van der Waals surface area contributed by atoms with Crippen molar-refractivity contribution in [3.8, 4) is 0 Å². The van der Waals surface area contributed by atoms with Crippen LogP contribution in [0.2, 0.25) is 0 Å². The molecule has 0 fully saturated rings. The average Bonchev–Trinajstić information content (AvgIpc) is 2.30. The molecule has 0 aromatic heterocycles. The molecule has 0 unspecified atom stereocenters. The highest BCUT2D eigenvalue weighted by molar-refractivity contribution is 5.62. The third-order valence-corrected chi connectivity index (χ3v) is 1.39. The molecule has 0 bridgehead atoms. The van der Waals surface area contributed by atoms with Gasteiger partial charge in [0.25, 0.3) is 0 Å². The van der Waals surface area contributed by atoms with Crippen molar-refractivity contribution in [1.82, 2.24) is 0 Å². The van der Waals surface area contributed by atoms with Crippen LogP contribution >= 0.6 is 0 Å². The number of hydrogen-bond donors (Lipinski definition) is 0. The van der Waals surface area contributed by atoms with E-state index in [9.17, 15) is 9.59 Å². The Kier molecular flexibility index (Phi) is 9.04. The first-order chi connectivity index (χ1) is 8.20. The number of carbonyl (C=O) groups excluding carboxylic acids is 2. The predicted molar refractivity (Wildman–Crippen MR) is 57.0 cm³/mol. The van der Waals surface area contributed by atoms with E-state index in [0.29, 0.717) is 0 Å². The van der Waals surface area contributed by atoms with Crippen LogP contribution in [0, 0.1) is 0 Å². The second-order valence-corrected chi connectivity index (χ2v) is 2.67. The number of carbonyl (C=O) groups is 2. The van der Waals surface area contributed by atoms with E-state index in [2.05, 4.69) is 37.0 Å². The second kappa shape index (κ2) is 10.4. The van der Waals surface area contributed by atoms with Gasteiger partial charge in [-0.25, -0.2) is 9.59 Å². The van der Waals surface area contributed by atoms with E-state index >= 15 is 0 Å². The summed E-state index contributed by atoms with van der Waals surface area (Å²) in [5, 5.41) is 0. The Labute approximate surface area is 99.1 Å². The lowest BCUT2D eigenvalue weighted by Gasteiger charge is -2.05. The molecule has 0 aliphatic rings. The first-order valence-corrected chi connectivity index (χ1v) is 4.93. The lowest BCUT2D eigenvalue weighted by Crippen LogP contribution is -2.14. The van der Waals surface area contributed by atoms with Gasteiger partial charge in [0.05, 0.1) is 6.61 Å². The summed E-state index contributed by atoms with van der Waals surface area (Å²) in [4.78, 5) is 21.6. The zero-order valence-corrected chi connectivity index (χ0v) is 9.56. The molecule has 0 aliphatic carbocycles. The van der Waals surface area contributed by atoms with Crippen LogP contribution in [0.4, 0.5) is 9.59 Å². The van der Waals surface area contributed by atoms with Crippen LogP contribution in [-0.4, -0.2) is 25.7 Å². The third kappa shape index (κ3) is 10.1. The second-order valence-electron chi connectivity index (χ2n) is 2.67. The van der Waals surface area contributed by atoms with E-state index in [1.165, 1.54) is 0 Å². The lowest BCUT2D eigenvalue weighted by molar-refractivity contribution is -0.0303. The summed E-state index contributed by atoms with van der Waals surface area (Å²) in [6.07, 6.45) is 0.632. The Morgan fingerprint density at radius 3 is 2.59 bits per heavy atom. The first-order valence-electron chi connectivity index (χ1n) is 4.93. The third-order valence-electron chi connectivity index (χ3n) is 1.39. The number of hydrogen-bond acceptors (Lipinski definition) is 6. The molecule has 0 saturated heterocycles. The number of unbranched alkanes of at least 4 members (excludes halogenated alkanes) is 1. The Bertz CT molecular complexity index is 323. The summed E-state index contributed by atoms with van der Waals surface area (Å²) in [6, 6.07) is 0. The molecule has 0 radical (unpaired) electrons. The number of ether oxygens (including phenoxy) is 4. The van der Waals surface area contributed by atoms with Crippen molar-refractivity contribution < 1.29 is 28.5 Å². The van der Waals surface area contributed by atoms with Crippen LogP contribution in [0.1, 0.15) is 19.8 Å². The maximum Gasteiger partial charge on any atom is 0.516 e. The summed E-state index contributed by atoms with van der Waals surface area (Å²) in [7, 11) is 0. The zero-order chi connectivity index (χ0) is 12.9. The molecule has 0 saturated carbocycles. The van der Waals surface area contributed by atoms with Crippen molar-refractivity contribution in [2.24, 2.45) is 0 Å². The maximum absolute atomic E-state index is 10.8. The van der Waals surface area contributed by atoms with Crippen molar-refractivity contribution in [2.75, 3.05) is 13.4 Å². The van der Waals surface area contributed by atoms with Gasteiger partial charge in [0.2, 0.25) is 6.79 Å². The smallest absolute Gasteiger partial charge is 0.434 e. The van der Waals surface area contributed by atoms with Gasteiger partial charge in [-0.1, -0.05) is 19.1 Å². The molecule has 0 rings (SSSR count). The molecule has 94 valence electrons. The van der Waals surface area contributed by atoms with Gasteiger partial charge in [-0.3, -0.25) is 0 Å². The summed E-state index contributed by atoms with van der Waals surface area (Å²) < 4.78 is 17.7. The van der Waals surface area contributed by atoms with Crippen LogP contribution in [0.3, 0.4) is 0 Å². The van der Waals surface area contributed by atoms with Gasteiger partial charge < -0.3 is 18.9 Å². The highest BCUT2D eigenvalue weighted by atomic mass is 16.8. The normalized spacial score (nSPS) is 8.29. The number of rotatable bonds is 6. The minimum absolute atomic E-state index is 0.270. The fraction of sp³-hybridized carbons (Fsp3) is 0.455. The highest BCUT2D eigenvalue weighted by Crippen LogP contribution is 1.93. The molecule has 0 atom stereocenters. The molecule has 0 aliphatic heterocycles. The van der Waals surface area contributed by atoms with Gasteiger partial charge >= 0.3 is 12.3 Å². The largest absolute Gasteiger partial charge is 0.516 e. The van der Waals surface area contributed by atoms with Crippen molar-refractivity contribution >= 4 is 12.3 Å². The quantitative estimate of drug-likeness (QED) is 0.234. The summed E-state index contributed by atoms with van der Waals surface area (Å²) in [5.74, 6) is 0. The van der Waals surface area contributed by atoms with E-state index in [-0.39, 0.29) is 6.61 Å². The molecule has 6 heteroatoms. The van der Waals surface area contributed by atoms with Crippen molar-refractivity contribution in [2.45, 2.75) is 19.8 Å². The van der Waals surface area contributed by atoms with E-state index in [4.69, 9.17) is 0 Å². The van der Waals surface area contributed by atoms with E-state index in [1.54, 1.807) is 0 Å². The Hall–Kier alpha value is -2.16. The molecule has 0 aromatic rings. The summed E-state index contributed by atoms with van der Waals surface area (Å²) in [6.45, 7) is 4.85.